The Hall–Kier alpha value is -1.11. The maximum absolute atomic E-state index is 11.8. The molecule has 1 fully saturated rings. The van der Waals surface area contributed by atoms with E-state index in [2.05, 4.69) is 5.32 Å². The molecule has 1 atom stereocenters. The summed E-state index contributed by atoms with van der Waals surface area (Å²) >= 11 is 0. The number of aryl methyl sites for hydroxylation is 1. The second-order valence-corrected chi connectivity index (χ2v) is 6.94. The molecule has 0 saturated carbocycles. The maximum Gasteiger partial charge on any atom is 0.261 e. The van der Waals surface area contributed by atoms with E-state index < -0.39 is 15.2 Å². The number of ether oxygens (including phenoxy) is 1. The fraction of sp³-hybridized carbons (Fsp3) is 0.417. The first kappa shape index (κ1) is 14.3. The highest BCUT2D eigenvalue weighted by Crippen LogP contribution is 2.23. The lowest BCUT2D eigenvalue weighted by Crippen LogP contribution is -2.26. The number of rotatable bonds is 3. The Kier molecular flexibility index (Phi) is 4.13. The normalized spacial score (nSPS) is 19.4. The van der Waals surface area contributed by atoms with Gasteiger partial charge in [0.05, 0.1) is 4.90 Å². The van der Waals surface area contributed by atoms with Crippen molar-refractivity contribution in [2.24, 2.45) is 0 Å². The predicted molar refractivity (Wildman–Crippen MR) is 71.8 cm³/mol. The van der Waals surface area contributed by atoms with Crippen molar-refractivity contribution >= 4 is 31.3 Å². The third-order valence-corrected chi connectivity index (χ3v) is 4.41. The van der Waals surface area contributed by atoms with Crippen LogP contribution in [0, 0.1) is 6.92 Å². The first-order valence-corrected chi connectivity index (χ1v) is 8.16. The van der Waals surface area contributed by atoms with Gasteiger partial charge in [0, 0.05) is 23.0 Å². The molecule has 1 N–H and O–H groups in total. The Bertz CT molecular complexity index is 594. The molecule has 0 bridgehead atoms. The van der Waals surface area contributed by atoms with Gasteiger partial charge >= 0.3 is 0 Å². The van der Waals surface area contributed by atoms with Crippen LogP contribution in [0.2, 0.25) is 0 Å². The molecule has 19 heavy (non-hydrogen) atoms. The van der Waals surface area contributed by atoms with Gasteiger partial charge in [0.15, 0.2) is 0 Å². The van der Waals surface area contributed by atoms with E-state index in [1.54, 1.807) is 13.0 Å². The van der Waals surface area contributed by atoms with Crippen molar-refractivity contribution in [1.29, 1.82) is 0 Å². The molecule has 0 aliphatic carbocycles. The summed E-state index contributed by atoms with van der Waals surface area (Å²) in [4.78, 5) is 11.9. The molecule has 0 radical (unpaired) electrons. The average molecular weight is 304 g/mol. The lowest BCUT2D eigenvalue weighted by atomic mass is 10.2. The quantitative estimate of drug-likeness (QED) is 0.867. The van der Waals surface area contributed by atoms with Crippen LogP contribution in [0.25, 0.3) is 0 Å². The predicted octanol–water partition coefficient (Wildman–Crippen LogP) is 2.04. The third kappa shape index (κ3) is 3.46. The van der Waals surface area contributed by atoms with Crippen molar-refractivity contribution in [2.75, 3.05) is 11.9 Å². The molecule has 0 spiro atoms. The fourth-order valence-electron chi connectivity index (χ4n) is 2.01. The molecule has 1 aromatic rings. The number of carbonyl (C=O) groups excluding carboxylic acids is 1. The van der Waals surface area contributed by atoms with Crippen LogP contribution in [0.15, 0.2) is 23.1 Å². The van der Waals surface area contributed by atoms with E-state index in [4.69, 9.17) is 15.4 Å². The summed E-state index contributed by atoms with van der Waals surface area (Å²) in [5.74, 6) is -0.210. The molecule has 1 aliphatic rings. The van der Waals surface area contributed by atoms with E-state index in [1.165, 1.54) is 12.1 Å². The van der Waals surface area contributed by atoms with Crippen LogP contribution >= 0.6 is 10.7 Å². The first-order chi connectivity index (χ1) is 8.88. The molecule has 0 aromatic heterocycles. The van der Waals surface area contributed by atoms with Crippen molar-refractivity contribution in [1.82, 2.24) is 0 Å². The summed E-state index contributed by atoms with van der Waals surface area (Å²) in [6.45, 7) is 2.22. The molecular weight excluding hydrogens is 290 g/mol. The molecule has 1 unspecified atom stereocenters. The Balaban J connectivity index is 2.14. The zero-order valence-electron chi connectivity index (χ0n) is 10.3. The molecule has 5 nitrogen and oxygen atoms in total. The molecular formula is C12H14ClNO4S. The van der Waals surface area contributed by atoms with E-state index >= 15 is 0 Å². The monoisotopic (exact) mass is 303 g/mol. The summed E-state index contributed by atoms with van der Waals surface area (Å²) in [7, 11) is 1.53. The second-order valence-electron chi connectivity index (χ2n) is 4.41. The Morgan fingerprint density at radius 1 is 1.47 bits per heavy atom. The highest BCUT2D eigenvalue weighted by molar-refractivity contribution is 8.13. The minimum atomic E-state index is -3.76. The molecule has 1 saturated heterocycles. The second kappa shape index (κ2) is 5.48. The van der Waals surface area contributed by atoms with E-state index in [1.807, 2.05) is 0 Å². The summed E-state index contributed by atoms with van der Waals surface area (Å²) in [6, 6.07) is 4.46. The number of hydrogen-bond donors (Lipinski definition) is 1. The molecule has 1 amide bonds. The van der Waals surface area contributed by atoms with Gasteiger partial charge in [-0.1, -0.05) is 0 Å². The smallest absolute Gasteiger partial charge is 0.261 e. The van der Waals surface area contributed by atoms with Gasteiger partial charge in [0.1, 0.15) is 6.10 Å². The van der Waals surface area contributed by atoms with E-state index in [0.717, 1.165) is 6.42 Å². The SMILES string of the molecule is Cc1cc(NC(=O)C2CCCO2)ccc1S(=O)(=O)Cl. The number of anilines is 1. The van der Waals surface area contributed by atoms with Crippen LogP contribution in [0.1, 0.15) is 18.4 Å². The zero-order chi connectivity index (χ0) is 14.0. The van der Waals surface area contributed by atoms with Gasteiger partial charge in [0.2, 0.25) is 0 Å². The molecule has 2 rings (SSSR count). The van der Waals surface area contributed by atoms with Gasteiger partial charge in [-0.15, -0.1) is 0 Å². The van der Waals surface area contributed by atoms with Gasteiger partial charge in [-0.05, 0) is 43.5 Å². The topological polar surface area (TPSA) is 72.5 Å². The van der Waals surface area contributed by atoms with E-state index in [0.29, 0.717) is 24.3 Å². The minimum absolute atomic E-state index is 0.0456. The number of hydrogen-bond acceptors (Lipinski definition) is 4. The van der Waals surface area contributed by atoms with Gasteiger partial charge in [-0.25, -0.2) is 8.42 Å². The van der Waals surface area contributed by atoms with Gasteiger partial charge in [-0.2, -0.15) is 0 Å². The molecule has 7 heteroatoms. The van der Waals surface area contributed by atoms with Gasteiger partial charge < -0.3 is 10.1 Å². The van der Waals surface area contributed by atoms with E-state index in [9.17, 15) is 13.2 Å². The van der Waals surface area contributed by atoms with Crippen LogP contribution in [0.5, 0.6) is 0 Å². The van der Waals surface area contributed by atoms with Gasteiger partial charge in [0.25, 0.3) is 15.0 Å². The Morgan fingerprint density at radius 3 is 2.74 bits per heavy atom. The highest BCUT2D eigenvalue weighted by atomic mass is 35.7. The van der Waals surface area contributed by atoms with Gasteiger partial charge in [-0.3, -0.25) is 4.79 Å². The largest absolute Gasteiger partial charge is 0.368 e. The van der Waals surface area contributed by atoms with Crippen molar-refractivity contribution in [3.63, 3.8) is 0 Å². The maximum atomic E-state index is 11.8. The summed E-state index contributed by atoms with van der Waals surface area (Å²) in [6.07, 6.45) is 1.16. The van der Waals surface area contributed by atoms with Crippen molar-refractivity contribution in [3.05, 3.63) is 23.8 Å². The molecule has 1 aliphatic heterocycles. The zero-order valence-corrected chi connectivity index (χ0v) is 11.9. The lowest BCUT2D eigenvalue weighted by molar-refractivity contribution is -0.124. The highest BCUT2D eigenvalue weighted by Gasteiger charge is 2.23. The lowest BCUT2D eigenvalue weighted by Gasteiger charge is -2.11. The summed E-state index contributed by atoms with van der Waals surface area (Å²) in [5.41, 5.74) is 1.02. The minimum Gasteiger partial charge on any atom is -0.368 e. The number of halogens is 1. The van der Waals surface area contributed by atoms with Crippen LogP contribution in [0.3, 0.4) is 0 Å². The van der Waals surface area contributed by atoms with Crippen molar-refractivity contribution in [2.45, 2.75) is 30.8 Å². The number of carbonyl (C=O) groups is 1. The molecule has 1 aromatic carbocycles. The van der Waals surface area contributed by atoms with Crippen molar-refractivity contribution in [3.8, 4) is 0 Å². The molecule has 1 heterocycles. The Labute approximate surface area is 116 Å². The fourth-order valence-corrected chi connectivity index (χ4v) is 3.20. The first-order valence-electron chi connectivity index (χ1n) is 5.86. The number of amides is 1. The van der Waals surface area contributed by atoms with Crippen LogP contribution in [0.4, 0.5) is 5.69 Å². The third-order valence-electron chi connectivity index (χ3n) is 2.93. The average Bonchev–Trinajstić information content (AvgIpc) is 2.80. The Morgan fingerprint density at radius 2 is 2.21 bits per heavy atom. The number of benzene rings is 1. The standard InChI is InChI=1S/C12H14ClNO4S/c1-8-7-9(4-5-11(8)19(13,16)17)14-12(15)10-3-2-6-18-10/h4-5,7,10H,2-3,6H2,1H3,(H,14,15). The molecule has 104 valence electrons. The van der Waals surface area contributed by atoms with Crippen LogP contribution < -0.4 is 5.32 Å². The summed E-state index contributed by atoms with van der Waals surface area (Å²) in [5, 5.41) is 2.70. The summed E-state index contributed by atoms with van der Waals surface area (Å²) < 4.78 is 27.8. The number of nitrogens with one attached hydrogen (secondary N) is 1. The van der Waals surface area contributed by atoms with Crippen LogP contribution in [-0.4, -0.2) is 27.0 Å². The van der Waals surface area contributed by atoms with E-state index in [-0.39, 0.29) is 10.8 Å². The van der Waals surface area contributed by atoms with Crippen molar-refractivity contribution < 1.29 is 17.9 Å². The van der Waals surface area contributed by atoms with Crippen LogP contribution in [-0.2, 0) is 18.6 Å².